The van der Waals surface area contributed by atoms with E-state index in [1.165, 1.54) is 186 Å². The van der Waals surface area contributed by atoms with Crippen molar-refractivity contribution >= 4 is 17.9 Å². The molecule has 0 rings (SSSR count). The molecule has 0 saturated heterocycles. The molecule has 0 heterocycles. The van der Waals surface area contributed by atoms with E-state index in [4.69, 9.17) is 18.9 Å². The lowest BCUT2D eigenvalue weighted by molar-refractivity contribution is -0.870. The van der Waals surface area contributed by atoms with Crippen LogP contribution in [0.4, 0.5) is 0 Å². The lowest BCUT2D eigenvalue weighted by atomic mass is 10.0. The molecule has 0 fully saturated rings. The molecule has 2 unspecified atom stereocenters. The van der Waals surface area contributed by atoms with Crippen molar-refractivity contribution in [3.05, 3.63) is 72.9 Å². The van der Waals surface area contributed by atoms with Gasteiger partial charge in [-0.2, -0.15) is 0 Å². The summed E-state index contributed by atoms with van der Waals surface area (Å²) in [5.41, 5.74) is 0. The molecule has 0 saturated carbocycles. The number of nitrogens with zero attached hydrogens (tertiary/aromatic N) is 1. The van der Waals surface area contributed by atoms with Crippen molar-refractivity contribution in [1.82, 2.24) is 0 Å². The number of carbonyl (C=O) groups excluding carboxylic acids is 3. The van der Waals surface area contributed by atoms with Crippen LogP contribution in [0, 0.1) is 0 Å². The minimum Gasteiger partial charge on any atom is -0.545 e. The number of carboxylic acid groups (broad SMARTS) is 1. The second-order valence-electron chi connectivity index (χ2n) is 23.0. The highest BCUT2D eigenvalue weighted by atomic mass is 16.7. The molecule has 452 valence electrons. The fourth-order valence-electron chi connectivity index (χ4n) is 9.25. The van der Waals surface area contributed by atoms with Crippen LogP contribution in [0.25, 0.3) is 0 Å². The number of esters is 2. The zero-order chi connectivity index (χ0) is 56.9. The molecule has 0 aromatic heterocycles. The van der Waals surface area contributed by atoms with Crippen molar-refractivity contribution in [3.8, 4) is 0 Å². The number of quaternary nitrogens is 1. The molecule has 9 heteroatoms. The molecule has 0 radical (unpaired) electrons. The van der Waals surface area contributed by atoms with Gasteiger partial charge in [0.15, 0.2) is 12.4 Å². The van der Waals surface area contributed by atoms with E-state index in [1.807, 2.05) is 21.1 Å². The number of allylic oxidation sites excluding steroid dienone is 12. The maximum Gasteiger partial charge on any atom is 0.306 e. The first-order chi connectivity index (χ1) is 38.1. The summed E-state index contributed by atoms with van der Waals surface area (Å²) >= 11 is 0. The molecular weight excluding hydrogens is 971 g/mol. The van der Waals surface area contributed by atoms with E-state index in [2.05, 4.69) is 86.8 Å². The van der Waals surface area contributed by atoms with Gasteiger partial charge in [0.1, 0.15) is 13.2 Å². The molecular formula is C69H123NO8. The number of unbranched alkanes of at least 4 members (excludes halogenated alkanes) is 33. The topological polar surface area (TPSA) is 111 Å². The van der Waals surface area contributed by atoms with Gasteiger partial charge < -0.3 is 33.3 Å². The van der Waals surface area contributed by atoms with Crippen molar-refractivity contribution in [1.29, 1.82) is 0 Å². The standard InChI is InChI=1S/C69H123NO8/c1-6-8-10-12-14-16-18-20-21-22-23-24-25-26-27-28-29-30-31-32-33-34-35-36-37-38-39-40-41-42-43-44-45-46-47-48-50-52-54-56-58-60-67(72)78-65(64-77-69(68(73)74)75-62-61-70(3,4)5)63-76-66(71)59-57-55-53-51-49-19-17-15-13-11-9-7-2/h8,10,14,16,20-21,23-24,26-27,29-30,65,69H,6-7,9,11-13,15,17-19,22,25,28,31-64H2,1-5H3/b10-8-,16-14-,21-20-,24-23-,27-26-,30-29-. The van der Waals surface area contributed by atoms with Crippen LogP contribution in [-0.4, -0.2) is 82.3 Å². The monoisotopic (exact) mass is 1090 g/mol. The Kier molecular flexibility index (Phi) is 57.3. The molecule has 9 nitrogen and oxygen atoms in total. The number of aliphatic carboxylic acids is 1. The largest absolute Gasteiger partial charge is 0.545 e. The summed E-state index contributed by atoms with van der Waals surface area (Å²) in [5, 5.41) is 11.8. The molecule has 0 amide bonds. The zero-order valence-corrected chi connectivity index (χ0v) is 51.5. The number of ether oxygens (including phenoxy) is 4. The normalized spacial score (nSPS) is 13.2. The van der Waals surface area contributed by atoms with E-state index >= 15 is 0 Å². The van der Waals surface area contributed by atoms with E-state index in [1.54, 1.807) is 0 Å². The van der Waals surface area contributed by atoms with Crippen LogP contribution in [-0.2, 0) is 33.3 Å². The number of hydrogen-bond donors (Lipinski definition) is 0. The van der Waals surface area contributed by atoms with Crippen LogP contribution in [0.1, 0.15) is 290 Å². The predicted octanol–water partition coefficient (Wildman–Crippen LogP) is 18.4. The molecule has 0 aliphatic rings. The zero-order valence-electron chi connectivity index (χ0n) is 51.5. The van der Waals surface area contributed by atoms with Crippen molar-refractivity contribution in [2.24, 2.45) is 0 Å². The summed E-state index contributed by atoms with van der Waals surface area (Å²) in [6, 6.07) is 0. The summed E-state index contributed by atoms with van der Waals surface area (Å²) in [4.78, 5) is 37.2. The summed E-state index contributed by atoms with van der Waals surface area (Å²) in [7, 11) is 5.93. The van der Waals surface area contributed by atoms with Gasteiger partial charge in [-0.05, 0) is 64.2 Å². The van der Waals surface area contributed by atoms with Crippen LogP contribution in [0.2, 0.25) is 0 Å². The van der Waals surface area contributed by atoms with E-state index in [0.717, 1.165) is 70.6 Å². The van der Waals surface area contributed by atoms with Crippen molar-refractivity contribution in [3.63, 3.8) is 0 Å². The first-order valence-electron chi connectivity index (χ1n) is 32.6. The molecule has 0 N–H and O–H groups in total. The lowest BCUT2D eigenvalue weighted by Crippen LogP contribution is -2.44. The van der Waals surface area contributed by atoms with Crippen molar-refractivity contribution < 1.29 is 42.9 Å². The summed E-state index contributed by atoms with van der Waals surface area (Å²) in [6.45, 7) is 4.65. The van der Waals surface area contributed by atoms with Gasteiger partial charge in [0, 0.05) is 12.8 Å². The fourth-order valence-corrected chi connectivity index (χ4v) is 9.25. The number of carbonyl (C=O) groups is 3. The Hall–Kier alpha value is -3.27. The van der Waals surface area contributed by atoms with Crippen LogP contribution >= 0.6 is 0 Å². The molecule has 78 heavy (non-hydrogen) atoms. The van der Waals surface area contributed by atoms with E-state index in [9.17, 15) is 19.5 Å². The first-order valence-corrected chi connectivity index (χ1v) is 32.6. The molecule has 0 aliphatic carbocycles. The van der Waals surface area contributed by atoms with Crippen LogP contribution in [0.3, 0.4) is 0 Å². The third-order valence-corrected chi connectivity index (χ3v) is 14.2. The molecule has 0 aromatic rings. The smallest absolute Gasteiger partial charge is 0.306 e. The molecule has 0 aliphatic heterocycles. The Morgan fingerprint density at radius 2 is 0.731 bits per heavy atom. The van der Waals surface area contributed by atoms with Gasteiger partial charge in [0.2, 0.25) is 0 Å². The Morgan fingerprint density at radius 3 is 1.09 bits per heavy atom. The van der Waals surface area contributed by atoms with Crippen molar-refractivity contribution in [2.75, 3.05) is 47.5 Å². The Balaban J connectivity index is 3.92. The van der Waals surface area contributed by atoms with Gasteiger partial charge in [-0.3, -0.25) is 9.59 Å². The minimum atomic E-state index is -1.62. The van der Waals surface area contributed by atoms with E-state index in [-0.39, 0.29) is 32.2 Å². The summed E-state index contributed by atoms with van der Waals surface area (Å²) < 4.78 is 22.7. The van der Waals surface area contributed by atoms with Gasteiger partial charge in [-0.25, -0.2) is 0 Å². The average Bonchev–Trinajstić information content (AvgIpc) is 3.41. The second-order valence-corrected chi connectivity index (χ2v) is 23.0. The minimum absolute atomic E-state index is 0.149. The number of rotatable bonds is 60. The molecule has 0 spiro atoms. The van der Waals surface area contributed by atoms with Gasteiger partial charge in [-0.1, -0.05) is 286 Å². The Morgan fingerprint density at radius 1 is 0.397 bits per heavy atom. The van der Waals surface area contributed by atoms with Gasteiger partial charge in [-0.15, -0.1) is 0 Å². The molecule has 0 bridgehead atoms. The SMILES string of the molecule is CC/C=C\C/C=C\C/C=C\C/C=C\C/C=C\C/C=C\CCCCCCCCCCCCCCCCCCCCCCCCC(=O)OC(COC(=O)CCCCCCCCCCCCCC)COC(OCC[N+](C)(C)C)C(=O)[O-]. The fraction of sp³-hybridized carbons (Fsp3) is 0.783. The maximum atomic E-state index is 12.9. The van der Waals surface area contributed by atoms with Gasteiger partial charge in [0.05, 0.1) is 40.3 Å². The highest BCUT2D eigenvalue weighted by Crippen LogP contribution is 2.18. The Bertz CT molecular complexity index is 1510. The Labute approximate surface area is 481 Å². The van der Waals surface area contributed by atoms with E-state index in [0.29, 0.717) is 23.9 Å². The third-order valence-electron chi connectivity index (χ3n) is 14.2. The molecule has 2 atom stereocenters. The third kappa shape index (κ3) is 60.4. The highest BCUT2D eigenvalue weighted by Gasteiger charge is 2.22. The average molecular weight is 1090 g/mol. The van der Waals surface area contributed by atoms with E-state index < -0.39 is 24.3 Å². The number of hydrogen-bond acceptors (Lipinski definition) is 8. The highest BCUT2D eigenvalue weighted by molar-refractivity contribution is 5.70. The molecule has 0 aromatic carbocycles. The van der Waals surface area contributed by atoms with Gasteiger partial charge in [0.25, 0.3) is 0 Å². The maximum absolute atomic E-state index is 12.9. The van der Waals surface area contributed by atoms with Crippen LogP contribution in [0.5, 0.6) is 0 Å². The number of carboxylic acids is 1. The van der Waals surface area contributed by atoms with Crippen molar-refractivity contribution in [2.45, 2.75) is 302 Å². The second kappa shape index (κ2) is 59.8. The first kappa shape index (κ1) is 74.7. The summed E-state index contributed by atoms with van der Waals surface area (Å²) in [6.07, 6.45) is 75.7. The van der Waals surface area contributed by atoms with Gasteiger partial charge >= 0.3 is 11.9 Å². The summed E-state index contributed by atoms with van der Waals surface area (Å²) in [5.74, 6) is -2.27. The van der Waals surface area contributed by atoms with Crippen LogP contribution < -0.4 is 5.11 Å². The number of likely N-dealkylation sites (N-methyl/N-ethyl adjacent to an activating group) is 1. The lowest BCUT2D eigenvalue weighted by Gasteiger charge is -2.26. The quantitative estimate of drug-likeness (QED) is 0.0195. The predicted molar refractivity (Wildman–Crippen MR) is 329 cm³/mol. The van der Waals surface area contributed by atoms with Crippen LogP contribution in [0.15, 0.2) is 72.9 Å².